The quantitative estimate of drug-likeness (QED) is 0.107. The molecule has 2 aromatic rings. The summed E-state index contributed by atoms with van der Waals surface area (Å²) in [5.41, 5.74) is -0.287. The number of carbonyl (C=O) groups is 4. The SMILES string of the molecule is Cc1cc(C2C3=CCC4C(=O)N(c5cc([N+](=O)[O-])c(N(C)C)c([N+](=O)[O-])c5)C(=O)C4C3CC3(Cl)C(=O)N(CBr)C(=O)C23Cl)cc(C)c1O. The summed E-state index contributed by atoms with van der Waals surface area (Å²) in [7, 11) is 2.79. The molecule has 0 spiro atoms. The zero-order valence-corrected chi connectivity index (χ0v) is 29.0. The van der Waals surface area contributed by atoms with Gasteiger partial charge in [0, 0.05) is 32.1 Å². The predicted molar refractivity (Wildman–Crippen MR) is 177 cm³/mol. The molecule has 14 nitrogen and oxygen atoms in total. The van der Waals surface area contributed by atoms with E-state index in [9.17, 15) is 44.5 Å². The molecule has 4 amide bonds. The number of nitro benzene ring substituents is 2. The average Bonchev–Trinajstić information content (AvgIpc) is 3.36. The fourth-order valence-electron chi connectivity index (χ4n) is 7.99. The molecule has 0 radical (unpaired) electrons. The number of aromatic hydroxyl groups is 1. The Kier molecular flexibility index (Phi) is 7.92. The van der Waals surface area contributed by atoms with E-state index in [-0.39, 0.29) is 35.4 Å². The van der Waals surface area contributed by atoms with Crippen molar-refractivity contribution in [2.75, 3.05) is 29.3 Å². The lowest BCUT2D eigenvalue weighted by Crippen LogP contribution is -2.60. The molecule has 2 saturated heterocycles. The first-order valence-corrected chi connectivity index (χ1v) is 16.6. The van der Waals surface area contributed by atoms with Crippen molar-refractivity contribution in [2.45, 2.75) is 42.4 Å². The van der Waals surface area contributed by atoms with Crippen molar-refractivity contribution in [3.05, 3.63) is 72.8 Å². The van der Waals surface area contributed by atoms with Crippen molar-refractivity contribution in [2.24, 2.45) is 17.8 Å². The molecule has 2 heterocycles. The van der Waals surface area contributed by atoms with E-state index in [0.717, 1.165) is 21.9 Å². The summed E-state index contributed by atoms with van der Waals surface area (Å²) in [6.07, 6.45) is 1.44. The number of halogens is 3. The van der Waals surface area contributed by atoms with Gasteiger partial charge in [-0.15, -0.1) is 23.2 Å². The van der Waals surface area contributed by atoms with Gasteiger partial charge in [-0.25, -0.2) is 4.90 Å². The number of benzene rings is 2. The minimum absolute atomic E-state index is 0.0106. The maximum absolute atomic E-state index is 14.4. The minimum Gasteiger partial charge on any atom is -0.507 e. The number of rotatable bonds is 6. The van der Waals surface area contributed by atoms with E-state index in [4.69, 9.17) is 23.2 Å². The Hall–Kier alpha value is -4.08. The van der Waals surface area contributed by atoms with Gasteiger partial charge >= 0.3 is 11.4 Å². The molecule has 6 unspecified atom stereocenters. The summed E-state index contributed by atoms with van der Waals surface area (Å²) >= 11 is 17.7. The first-order valence-electron chi connectivity index (χ1n) is 14.7. The van der Waals surface area contributed by atoms with Gasteiger partial charge in [-0.2, -0.15) is 0 Å². The average molecular weight is 765 g/mol. The van der Waals surface area contributed by atoms with E-state index >= 15 is 0 Å². The molecule has 17 heteroatoms. The van der Waals surface area contributed by atoms with Crippen molar-refractivity contribution >= 4 is 85.5 Å². The van der Waals surface area contributed by atoms with Crippen molar-refractivity contribution in [3.8, 4) is 5.75 Å². The van der Waals surface area contributed by atoms with E-state index in [2.05, 4.69) is 15.9 Å². The Morgan fingerprint density at radius 1 is 0.958 bits per heavy atom. The van der Waals surface area contributed by atoms with E-state index in [1.807, 2.05) is 0 Å². The topological polar surface area (TPSA) is 185 Å². The molecule has 0 bridgehead atoms. The van der Waals surface area contributed by atoms with Crippen LogP contribution in [0.5, 0.6) is 5.75 Å². The number of hydrogen-bond acceptors (Lipinski definition) is 10. The van der Waals surface area contributed by atoms with E-state index in [1.165, 1.54) is 19.0 Å². The molecule has 252 valence electrons. The number of phenols is 1. The van der Waals surface area contributed by atoms with Crippen molar-refractivity contribution < 1.29 is 34.1 Å². The number of likely N-dealkylation sites (tertiary alicyclic amines) is 1. The Morgan fingerprint density at radius 3 is 2.02 bits per heavy atom. The van der Waals surface area contributed by atoms with E-state index < -0.39 is 78.3 Å². The van der Waals surface area contributed by atoms with Gasteiger partial charge in [0.15, 0.2) is 15.4 Å². The molecule has 1 saturated carbocycles. The molecule has 0 aromatic heterocycles. The second-order valence-corrected chi connectivity index (χ2v) is 14.5. The Morgan fingerprint density at radius 2 is 1.52 bits per heavy atom. The summed E-state index contributed by atoms with van der Waals surface area (Å²) in [5.74, 6) is -7.10. The molecular formula is C31H28BrCl2N5O9. The van der Waals surface area contributed by atoms with Gasteiger partial charge < -0.3 is 10.0 Å². The largest absolute Gasteiger partial charge is 0.507 e. The normalized spacial score (nSPS) is 29.4. The summed E-state index contributed by atoms with van der Waals surface area (Å²) in [4.78, 5) is 77.3. The van der Waals surface area contributed by atoms with Crippen LogP contribution in [-0.2, 0) is 19.2 Å². The second-order valence-electron chi connectivity index (χ2n) is 12.7. The summed E-state index contributed by atoms with van der Waals surface area (Å²) < 4.78 is 0. The number of alkyl halides is 3. The maximum Gasteiger partial charge on any atom is 0.301 e. The Labute approximate surface area is 291 Å². The molecule has 3 fully saturated rings. The number of anilines is 2. The van der Waals surface area contributed by atoms with Crippen molar-refractivity contribution in [1.29, 1.82) is 0 Å². The fraction of sp³-hybridized carbons (Fsp3) is 0.419. The molecule has 2 aromatic carbocycles. The highest BCUT2D eigenvalue weighted by Gasteiger charge is 2.76. The third-order valence-electron chi connectivity index (χ3n) is 10.0. The van der Waals surface area contributed by atoms with Gasteiger partial charge in [-0.1, -0.05) is 39.7 Å². The van der Waals surface area contributed by atoms with Crippen LogP contribution in [0.2, 0.25) is 0 Å². The van der Waals surface area contributed by atoms with Crippen LogP contribution in [0.4, 0.5) is 22.7 Å². The molecular weight excluding hydrogens is 737 g/mol. The van der Waals surface area contributed by atoms with Crippen LogP contribution in [0.25, 0.3) is 0 Å². The Balaban J connectivity index is 1.53. The lowest BCUT2D eigenvalue weighted by Gasteiger charge is -2.51. The number of imide groups is 2. The summed E-state index contributed by atoms with van der Waals surface area (Å²) in [6.45, 7) is 3.32. The van der Waals surface area contributed by atoms with Gasteiger partial charge in [0.25, 0.3) is 11.8 Å². The predicted octanol–water partition coefficient (Wildman–Crippen LogP) is 4.81. The maximum atomic E-state index is 14.4. The van der Waals surface area contributed by atoms with E-state index in [1.54, 1.807) is 32.1 Å². The number of allylic oxidation sites excluding steroid dienone is 2. The molecule has 2 aliphatic heterocycles. The first-order chi connectivity index (χ1) is 22.4. The molecule has 6 atom stereocenters. The number of nitro groups is 2. The number of hydrogen-bond donors (Lipinski definition) is 1. The van der Waals surface area contributed by atoms with Crippen LogP contribution in [0.3, 0.4) is 0 Å². The standard InChI is InChI=1S/C31H28BrCl2N5O9/c1-13-7-15(8-14(2)25(13)40)23-17-5-6-18-22(19(17)11-30(33)28(43)36(12-32)29(44)31(23,30)34)27(42)37(26(18)41)16-9-20(38(45)46)24(35(3)4)21(10-16)39(47)48/h5,7-10,18-19,22-23,40H,6,11-12H2,1-4H3. The highest BCUT2D eigenvalue weighted by Crippen LogP contribution is 2.66. The molecule has 2 aliphatic carbocycles. The first kappa shape index (κ1) is 33.8. The minimum atomic E-state index is -2.06. The molecule has 1 N–H and O–H groups in total. The lowest BCUT2D eigenvalue weighted by atomic mass is 9.56. The van der Waals surface area contributed by atoms with Crippen LogP contribution in [0.15, 0.2) is 35.9 Å². The summed E-state index contributed by atoms with van der Waals surface area (Å²) in [5, 5.41) is 34.6. The van der Waals surface area contributed by atoms with Crippen molar-refractivity contribution in [3.63, 3.8) is 0 Å². The third-order valence-corrected chi connectivity index (χ3v) is 11.9. The Bertz CT molecular complexity index is 1860. The van der Waals surface area contributed by atoms with Gasteiger partial charge in [0.05, 0.1) is 32.8 Å². The molecule has 48 heavy (non-hydrogen) atoms. The highest BCUT2D eigenvalue weighted by atomic mass is 79.9. The number of fused-ring (bicyclic) bond motifs is 4. The third kappa shape index (κ3) is 4.36. The highest BCUT2D eigenvalue weighted by molar-refractivity contribution is 9.09. The van der Waals surface area contributed by atoms with E-state index in [0.29, 0.717) is 22.3 Å². The fourth-order valence-corrected chi connectivity index (χ4v) is 9.42. The number of aryl methyl sites for hydroxylation is 2. The number of amides is 4. The van der Waals surface area contributed by atoms with Crippen LogP contribution in [-0.4, -0.2) is 72.8 Å². The van der Waals surface area contributed by atoms with Crippen molar-refractivity contribution in [1.82, 2.24) is 4.90 Å². The number of nitrogens with zero attached hydrogens (tertiary/aromatic N) is 5. The molecule has 4 aliphatic rings. The second kappa shape index (κ2) is 11.2. The van der Waals surface area contributed by atoms with Crippen LogP contribution in [0, 0.1) is 51.8 Å². The number of phenolic OH excluding ortho intramolecular Hbond substituents is 1. The molecule has 6 rings (SSSR count). The van der Waals surface area contributed by atoms with Gasteiger partial charge in [-0.05, 0) is 49.3 Å². The monoisotopic (exact) mass is 763 g/mol. The van der Waals surface area contributed by atoms with Gasteiger partial charge in [-0.3, -0.25) is 44.3 Å². The summed E-state index contributed by atoms with van der Waals surface area (Å²) in [6, 6.07) is 5.18. The number of carbonyl (C=O) groups excluding carboxylic acids is 4. The van der Waals surface area contributed by atoms with Crippen LogP contribution >= 0.6 is 39.1 Å². The van der Waals surface area contributed by atoms with Crippen LogP contribution in [0.1, 0.15) is 35.4 Å². The van der Waals surface area contributed by atoms with Crippen LogP contribution < -0.4 is 9.80 Å². The van der Waals surface area contributed by atoms with Gasteiger partial charge in [0.1, 0.15) is 5.75 Å². The lowest BCUT2D eigenvalue weighted by molar-refractivity contribution is -0.392. The zero-order chi connectivity index (χ0) is 35.4. The zero-order valence-electron chi connectivity index (χ0n) is 25.9. The smallest absolute Gasteiger partial charge is 0.301 e. The van der Waals surface area contributed by atoms with Gasteiger partial charge in [0.2, 0.25) is 11.8 Å².